The molecule has 6 nitrogen and oxygen atoms in total. The van der Waals surface area contributed by atoms with E-state index in [1.807, 2.05) is 30.8 Å². The SMILES string of the molecule is CCc1c(CCc2ccc(OCCCSC)cc2)[nH]c(OCC2COCCO2)cc1=O. The third-order valence-corrected chi connectivity index (χ3v) is 5.91. The Kier molecular flexibility index (Phi) is 9.78. The number of H-pyrrole nitrogens is 1. The Morgan fingerprint density at radius 2 is 2.00 bits per heavy atom. The van der Waals surface area contributed by atoms with Gasteiger partial charge in [0, 0.05) is 17.3 Å². The molecule has 0 spiro atoms. The third kappa shape index (κ3) is 7.59. The molecule has 0 radical (unpaired) electrons. The van der Waals surface area contributed by atoms with E-state index in [2.05, 4.69) is 23.4 Å². The van der Waals surface area contributed by atoms with Gasteiger partial charge in [0.25, 0.3) is 0 Å². The predicted octanol–water partition coefficient (Wildman–Crippen LogP) is 3.65. The van der Waals surface area contributed by atoms with E-state index in [1.165, 1.54) is 11.6 Å². The lowest BCUT2D eigenvalue weighted by molar-refractivity contribution is -0.102. The van der Waals surface area contributed by atoms with Crippen molar-refractivity contribution in [1.82, 2.24) is 4.98 Å². The van der Waals surface area contributed by atoms with Crippen molar-refractivity contribution < 1.29 is 18.9 Å². The van der Waals surface area contributed by atoms with Crippen LogP contribution < -0.4 is 14.9 Å². The normalized spacial score (nSPS) is 16.3. The molecule has 1 fully saturated rings. The molecule has 1 N–H and O–H groups in total. The van der Waals surface area contributed by atoms with E-state index < -0.39 is 0 Å². The van der Waals surface area contributed by atoms with Crippen molar-refractivity contribution in [2.75, 3.05) is 45.0 Å². The first-order valence-corrected chi connectivity index (χ1v) is 12.4. The molecule has 0 amide bonds. The number of aromatic nitrogens is 1. The zero-order valence-corrected chi connectivity index (χ0v) is 19.3. The molecule has 3 rings (SSSR count). The molecule has 0 saturated carbocycles. The molecule has 170 valence electrons. The minimum atomic E-state index is -0.104. The van der Waals surface area contributed by atoms with Crippen molar-refractivity contribution >= 4 is 11.8 Å². The van der Waals surface area contributed by atoms with Crippen LogP contribution in [0, 0.1) is 0 Å². The highest BCUT2D eigenvalue weighted by molar-refractivity contribution is 7.98. The Morgan fingerprint density at radius 3 is 2.71 bits per heavy atom. The predicted molar refractivity (Wildman–Crippen MR) is 125 cm³/mol. The smallest absolute Gasteiger partial charge is 0.194 e. The van der Waals surface area contributed by atoms with Crippen LogP contribution >= 0.6 is 11.8 Å². The molecule has 2 heterocycles. The minimum Gasteiger partial charge on any atom is -0.494 e. The number of aryl methyl sites for hydroxylation is 2. The van der Waals surface area contributed by atoms with Gasteiger partial charge in [0.2, 0.25) is 0 Å². The molecule has 2 aromatic rings. The lowest BCUT2D eigenvalue weighted by atomic mass is 10.0. The second kappa shape index (κ2) is 12.8. The average Bonchev–Trinajstić information content (AvgIpc) is 2.80. The molecule has 7 heteroatoms. The quantitative estimate of drug-likeness (QED) is 0.501. The second-order valence-corrected chi connectivity index (χ2v) is 8.51. The van der Waals surface area contributed by atoms with Crippen LogP contribution in [0.15, 0.2) is 35.1 Å². The third-order valence-electron chi connectivity index (χ3n) is 5.21. The van der Waals surface area contributed by atoms with Crippen LogP contribution in [0.3, 0.4) is 0 Å². The van der Waals surface area contributed by atoms with Gasteiger partial charge in [-0.15, -0.1) is 0 Å². The summed E-state index contributed by atoms with van der Waals surface area (Å²) in [5.74, 6) is 2.50. The van der Waals surface area contributed by atoms with Crippen molar-refractivity contribution in [3.05, 3.63) is 57.4 Å². The van der Waals surface area contributed by atoms with Gasteiger partial charge < -0.3 is 23.9 Å². The van der Waals surface area contributed by atoms with Crippen LogP contribution in [0.2, 0.25) is 0 Å². The first-order chi connectivity index (χ1) is 15.2. The van der Waals surface area contributed by atoms with Crippen LogP contribution in [0.25, 0.3) is 0 Å². The molecule has 1 aromatic heterocycles. The van der Waals surface area contributed by atoms with Gasteiger partial charge in [-0.25, -0.2) is 0 Å². The van der Waals surface area contributed by atoms with Crippen LogP contribution in [0.4, 0.5) is 0 Å². The number of nitrogens with one attached hydrogen (secondary N) is 1. The van der Waals surface area contributed by atoms with E-state index >= 15 is 0 Å². The summed E-state index contributed by atoms with van der Waals surface area (Å²) in [4.78, 5) is 15.9. The summed E-state index contributed by atoms with van der Waals surface area (Å²) in [6.07, 6.45) is 5.31. The number of rotatable bonds is 12. The molecule has 0 aliphatic carbocycles. The maximum atomic E-state index is 12.6. The van der Waals surface area contributed by atoms with E-state index in [9.17, 15) is 4.79 Å². The lowest BCUT2D eigenvalue weighted by Crippen LogP contribution is -2.33. The number of aromatic amines is 1. The average molecular weight is 448 g/mol. The minimum absolute atomic E-state index is 0.0149. The monoisotopic (exact) mass is 447 g/mol. The molecule has 0 bridgehead atoms. The Labute approximate surface area is 188 Å². The van der Waals surface area contributed by atoms with Gasteiger partial charge in [0.1, 0.15) is 18.5 Å². The number of thioether (sulfide) groups is 1. The Morgan fingerprint density at radius 1 is 1.16 bits per heavy atom. The van der Waals surface area contributed by atoms with E-state index in [1.54, 1.807) is 0 Å². The van der Waals surface area contributed by atoms with Crippen LogP contribution in [0.1, 0.15) is 30.2 Å². The first-order valence-electron chi connectivity index (χ1n) is 11.0. The van der Waals surface area contributed by atoms with Crippen molar-refractivity contribution in [3.8, 4) is 11.6 Å². The van der Waals surface area contributed by atoms with Gasteiger partial charge in [-0.1, -0.05) is 19.1 Å². The summed E-state index contributed by atoms with van der Waals surface area (Å²) in [5.41, 5.74) is 2.97. The second-order valence-electron chi connectivity index (χ2n) is 7.53. The largest absolute Gasteiger partial charge is 0.494 e. The number of ether oxygens (including phenoxy) is 4. The molecule has 31 heavy (non-hydrogen) atoms. The fourth-order valence-corrected chi connectivity index (χ4v) is 3.93. The molecule has 1 aromatic carbocycles. The van der Waals surface area contributed by atoms with Gasteiger partial charge in [-0.2, -0.15) is 11.8 Å². The van der Waals surface area contributed by atoms with E-state index in [0.29, 0.717) is 38.7 Å². The molecular formula is C24H33NO5S. The zero-order chi connectivity index (χ0) is 21.9. The van der Waals surface area contributed by atoms with E-state index in [-0.39, 0.29) is 11.5 Å². The maximum Gasteiger partial charge on any atom is 0.194 e. The first kappa shape index (κ1) is 23.7. The zero-order valence-electron chi connectivity index (χ0n) is 18.5. The fourth-order valence-electron chi connectivity index (χ4n) is 3.52. The maximum absolute atomic E-state index is 12.6. The fraction of sp³-hybridized carbons (Fsp3) is 0.542. The van der Waals surface area contributed by atoms with Crippen molar-refractivity contribution in [2.45, 2.75) is 38.7 Å². The van der Waals surface area contributed by atoms with Gasteiger partial charge >= 0.3 is 0 Å². The number of hydrogen-bond donors (Lipinski definition) is 1. The molecular weight excluding hydrogens is 414 g/mol. The highest BCUT2D eigenvalue weighted by Crippen LogP contribution is 2.17. The van der Waals surface area contributed by atoms with E-state index in [0.717, 1.165) is 48.6 Å². The molecule has 1 aliphatic rings. The van der Waals surface area contributed by atoms with Crippen molar-refractivity contribution in [3.63, 3.8) is 0 Å². The lowest BCUT2D eigenvalue weighted by Gasteiger charge is -2.23. The molecule has 1 unspecified atom stereocenters. The summed E-state index contributed by atoms with van der Waals surface area (Å²) in [6, 6.07) is 9.76. The van der Waals surface area contributed by atoms with Crippen LogP contribution in [0.5, 0.6) is 11.6 Å². The highest BCUT2D eigenvalue weighted by atomic mass is 32.2. The summed E-state index contributed by atoms with van der Waals surface area (Å²) in [7, 11) is 0. The van der Waals surface area contributed by atoms with Gasteiger partial charge in [-0.05, 0) is 55.4 Å². The van der Waals surface area contributed by atoms with Crippen molar-refractivity contribution in [1.29, 1.82) is 0 Å². The van der Waals surface area contributed by atoms with Gasteiger partial charge in [-0.3, -0.25) is 4.79 Å². The standard InChI is InChI=1S/C24H33NO5S/c1-3-21-22(10-7-18-5-8-19(9-6-18)28-11-4-14-31-2)25-24(15-23(21)26)30-17-20-16-27-12-13-29-20/h5-6,8-9,15,20H,3-4,7,10-14,16-17H2,1-2H3,(H,25,26). The molecule has 1 atom stereocenters. The van der Waals surface area contributed by atoms with Gasteiger partial charge in [0.05, 0.1) is 26.4 Å². The summed E-state index contributed by atoms with van der Waals surface area (Å²) < 4.78 is 22.6. The van der Waals surface area contributed by atoms with E-state index in [4.69, 9.17) is 18.9 Å². The molecule has 1 saturated heterocycles. The molecule has 1 aliphatic heterocycles. The Hall–Kier alpha value is -1.96. The van der Waals surface area contributed by atoms with Crippen LogP contribution in [-0.4, -0.2) is 56.1 Å². The number of benzene rings is 1. The summed E-state index contributed by atoms with van der Waals surface area (Å²) >= 11 is 1.83. The topological polar surface area (TPSA) is 69.8 Å². The number of pyridine rings is 1. The Balaban J connectivity index is 1.57. The Bertz CT molecular complexity index is 846. The summed E-state index contributed by atoms with van der Waals surface area (Å²) in [6.45, 7) is 4.82. The van der Waals surface area contributed by atoms with Crippen molar-refractivity contribution in [2.24, 2.45) is 0 Å². The number of hydrogen-bond acceptors (Lipinski definition) is 6. The van der Waals surface area contributed by atoms with Crippen LogP contribution in [-0.2, 0) is 28.7 Å². The summed E-state index contributed by atoms with van der Waals surface area (Å²) in [5, 5.41) is 0. The highest BCUT2D eigenvalue weighted by Gasteiger charge is 2.16. The van der Waals surface area contributed by atoms with Gasteiger partial charge in [0.15, 0.2) is 11.3 Å².